The van der Waals surface area contributed by atoms with Gasteiger partial charge in [0.15, 0.2) is 0 Å². The number of carbonyl (C=O) groups is 2. The minimum absolute atomic E-state index is 0.0626. The molecule has 1 atom stereocenters. The molecule has 0 unspecified atom stereocenters. The first kappa shape index (κ1) is 19.1. The molecule has 0 radical (unpaired) electrons. The van der Waals surface area contributed by atoms with E-state index in [0.29, 0.717) is 22.3 Å². The largest absolute Gasteiger partial charge is 0.492 e. The zero-order valence-corrected chi connectivity index (χ0v) is 15.5. The Labute approximate surface area is 157 Å². The SMILES string of the molecule is Cc1c(C(=O)N(Cc2c[nH]cn2)[C@H](C(=O)O)C(C)C)ccc2c1B(O)OC2. The van der Waals surface area contributed by atoms with Gasteiger partial charge in [0.25, 0.3) is 5.91 Å². The second-order valence-corrected chi connectivity index (χ2v) is 6.99. The number of amides is 1. The summed E-state index contributed by atoms with van der Waals surface area (Å²) in [5.41, 5.74) is 2.92. The molecule has 142 valence electrons. The fourth-order valence-corrected chi connectivity index (χ4v) is 3.52. The first-order valence-electron chi connectivity index (χ1n) is 8.74. The number of nitrogens with zero attached hydrogens (tertiary/aromatic N) is 2. The maximum absolute atomic E-state index is 13.4. The Bertz CT molecular complexity index is 853. The highest BCUT2D eigenvalue weighted by atomic mass is 16.5. The van der Waals surface area contributed by atoms with Crippen LogP contribution in [0, 0.1) is 12.8 Å². The summed E-state index contributed by atoms with van der Waals surface area (Å²) in [6, 6.07) is 2.39. The van der Waals surface area contributed by atoms with E-state index in [0.717, 1.165) is 5.56 Å². The lowest BCUT2D eigenvalue weighted by Gasteiger charge is -2.31. The Morgan fingerprint density at radius 1 is 1.41 bits per heavy atom. The van der Waals surface area contributed by atoms with E-state index >= 15 is 0 Å². The summed E-state index contributed by atoms with van der Waals surface area (Å²) in [5.74, 6) is -1.79. The summed E-state index contributed by atoms with van der Waals surface area (Å²) >= 11 is 0. The maximum Gasteiger partial charge on any atom is 0.492 e. The predicted octanol–water partition coefficient (Wildman–Crippen LogP) is 0.687. The molecule has 1 aromatic heterocycles. The number of carboxylic acid groups (broad SMARTS) is 1. The molecule has 0 bridgehead atoms. The van der Waals surface area contributed by atoms with Crippen LogP contribution in [-0.4, -0.2) is 50.0 Å². The van der Waals surface area contributed by atoms with E-state index in [1.54, 1.807) is 39.1 Å². The molecule has 3 rings (SSSR count). The third-order valence-electron chi connectivity index (χ3n) is 4.85. The van der Waals surface area contributed by atoms with E-state index < -0.39 is 25.0 Å². The van der Waals surface area contributed by atoms with Crippen LogP contribution >= 0.6 is 0 Å². The molecule has 27 heavy (non-hydrogen) atoms. The number of aliphatic carboxylic acids is 1. The van der Waals surface area contributed by atoms with E-state index in [-0.39, 0.29) is 19.1 Å². The van der Waals surface area contributed by atoms with Crippen molar-refractivity contribution in [3.05, 3.63) is 47.0 Å². The molecule has 3 N–H and O–H groups in total. The van der Waals surface area contributed by atoms with Crippen molar-refractivity contribution in [3.8, 4) is 0 Å². The molecule has 9 heteroatoms. The predicted molar refractivity (Wildman–Crippen MR) is 98.3 cm³/mol. The van der Waals surface area contributed by atoms with E-state index in [1.807, 2.05) is 0 Å². The molecule has 2 heterocycles. The molecule has 8 nitrogen and oxygen atoms in total. The van der Waals surface area contributed by atoms with Gasteiger partial charge >= 0.3 is 13.1 Å². The van der Waals surface area contributed by atoms with Crippen LogP contribution in [0.5, 0.6) is 0 Å². The molecule has 0 fully saturated rings. The number of carboxylic acids is 1. The number of fused-ring (bicyclic) bond motifs is 1. The minimum atomic E-state index is -1.08. The highest BCUT2D eigenvalue weighted by molar-refractivity contribution is 6.62. The number of rotatable bonds is 6. The highest BCUT2D eigenvalue weighted by Gasteiger charge is 2.36. The van der Waals surface area contributed by atoms with Gasteiger partial charge in [-0.1, -0.05) is 19.9 Å². The third-order valence-corrected chi connectivity index (χ3v) is 4.85. The molecule has 1 amide bonds. The van der Waals surface area contributed by atoms with Crippen molar-refractivity contribution in [2.24, 2.45) is 5.92 Å². The molecule has 1 aromatic carbocycles. The fourth-order valence-electron chi connectivity index (χ4n) is 3.52. The van der Waals surface area contributed by atoms with E-state index in [2.05, 4.69) is 9.97 Å². The van der Waals surface area contributed by atoms with Crippen LogP contribution in [0.15, 0.2) is 24.7 Å². The topological polar surface area (TPSA) is 116 Å². The number of aromatic amines is 1. The smallest absolute Gasteiger partial charge is 0.480 e. The number of hydrogen-bond donors (Lipinski definition) is 3. The molecule has 2 aromatic rings. The number of carbonyl (C=O) groups excluding carboxylic acids is 1. The Hall–Kier alpha value is -2.65. The van der Waals surface area contributed by atoms with Gasteiger partial charge in [-0.25, -0.2) is 9.78 Å². The van der Waals surface area contributed by atoms with Crippen LogP contribution in [-0.2, 0) is 22.6 Å². The summed E-state index contributed by atoms with van der Waals surface area (Å²) in [5, 5.41) is 19.8. The standard InChI is InChI=1S/C18H22BN3O5/c1-10(2)16(18(24)25)22(7-13-6-20-9-21-13)17(23)14-5-4-12-8-27-19(26)15(12)11(14)3/h4-6,9-10,16,26H,7-8H2,1-3H3,(H,20,21)(H,24,25)/t16-/m0/s1. The lowest BCUT2D eigenvalue weighted by molar-refractivity contribution is -0.144. The van der Waals surface area contributed by atoms with Crippen LogP contribution in [0.25, 0.3) is 0 Å². The molecule has 0 saturated carbocycles. The van der Waals surface area contributed by atoms with Crippen LogP contribution in [0.3, 0.4) is 0 Å². The second kappa shape index (κ2) is 7.54. The van der Waals surface area contributed by atoms with E-state index in [4.69, 9.17) is 4.65 Å². The number of imidazole rings is 1. The maximum atomic E-state index is 13.4. The summed E-state index contributed by atoms with van der Waals surface area (Å²) in [7, 11) is -1.08. The quantitative estimate of drug-likeness (QED) is 0.644. The van der Waals surface area contributed by atoms with Gasteiger partial charge < -0.3 is 24.7 Å². The highest BCUT2D eigenvalue weighted by Crippen LogP contribution is 2.22. The van der Waals surface area contributed by atoms with Crippen LogP contribution < -0.4 is 5.46 Å². The van der Waals surface area contributed by atoms with Crippen molar-refractivity contribution < 1.29 is 24.4 Å². The normalized spacial score (nSPS) is 14.3. The van der Waals surface area contributed by atoms with Gasteiger partial charge in [-0.3, -0.25) is 4.79 Å². The van der Waals surface area contributed by atoms with Gasteiger partial charge in [0.05, 0.1) is 25.2 Å². The van der Waals surface area contributed by atoms with Crippen LogP contribution in [0.2, 0.25) is 0 Å². The summed E-state index contributed by atoms with van der Waals surface area (Å²) in [6.07, 6.45) is 3.12. The molecular weight excluding hydrogens is 349 g/mol. The lowest BCUT2D eigenvalue weighted by Crippen LogP contribution is -2.48. The average molecular weight is 371 g/mol. The molecular formula is C18H22BN3O5. The molecule has 0 spiro atoms. The zero-order valence-electron chi connectivity index (χ0n) is 15.5. The van der Waals surface area contributed by atoms with Crippen molar-refractivity contribution in [1.29, 1.82) is 0 Å². The van der Waals surface area contributed by atoms with Gasteiger partial charge in [-0.05, 0) is 35.5 Å². The second-order valence-electron chi connectivity index (χ2n) is 6.99. The number of H-pyrrole nitrogens is 1. The minimum Gasteiger partial charge on any atom is -0.480 e. The Morgan fingerprint density at radius 3 is 2.74 bits per heavy atom. The summed E-state index contributed by atoms with van der Waals surface area (Å²) in [4.78, 5) is 33.5. The Kier molecular flexibility index (Phi) is 5.34. The van der Waals surface area contributed by atoms with Gasteiger partial charge in [0.1, 0.15) is 6.04 Å². The van der Waals surface area contributed by atoms with E-state index in [1.165, 1.54) is 11.2 Å². The number of aromatic nitrogens is 2. The lowest BCUT2D eigenvalue weighted by atomic mass is 9.75. The van der Waals surface area contributed by atoms with Crippen LogP contribution in [0.1, 0.15) is 41.0 Å². The Morgan fingerprint density at radius 2 is 2.15 bits per heavy atom. The number of benzene rings is 1. The third kappa shape index (κ3) is 3.60. The van der Waals surface area contributed by atoms with E-state index in [9.17, 15) is 19.7 Å². The first-order valence-corrected chi connectivity index (χ1v) is 8.74. The average Bonchev–Trinajstić information content (AvgIpc) is 3.23. The van der Waals surface area contributed by atoms with Crippen molar-refractivity contribution >= 4 is 24.5 Å². The molecule has 0 aliphatic carbocycles. The van der Waals surface area contributed by atoms with Gasteiger partial charge in [0.2, 0.25) is 0 Å². The van der Waals surface area contributed by atoms with Crippen molar-refractivity contribution in [3.63, 3.8) is 0 Å². The molecule has 0 saturated heterocycles. The summed E-state index contributed by atoms with van der Waals surface area (Å²) < 4.78 is 5.23. The van der Waals surface area contributed by atoms with Gasteiger partial charge in [-0.15, -0.1) is 0 Å². The summed E-state index contributed by atoms with van der Waals surface area (Å²) in [6.45, 7) is 5.61. The fraction of sp³-hybridized carbons (Fsp3) is 0.389. The Balaban J connectivity index is 2.03. The van der Waals surface area contributed by atoms with Crippen molar-refractivity contribution in [1.82, 2.24) is 14.9 Å². The number of hydrogen-bond acceptors (Lipinski definition) is 5. The van der Waals surface area contributed by atoms with Crippen molar-refractivity contribution in [2.75, 3.05) is 0 Å². The van der Waals surface area contributed by atoms with Gasteiger partial charge in [-0.2, -0.15) is 0 Å². The first-order chi connectivity index (χ1) is 12.8. The number of nitrogens with one attached hydrogen (secondary N) is 1. The zero-order chi connectivity index (χ0) is 19.7. The van der Waals surface area contributed by atoms with Gasteiger partial charge in [0, 0.05) is 11.8 Å². The monoisotopic (exact) mass is 371 g/mol. The van der Waals surface area contributed by atoms with Crippen LogP contribution in [0.4, 0.5) is 0 Å². The van der Waals surface area contributed by atoms with Crippen molar-refractivity contribution in [2.45, 2.75) is 40.0 Å². The molecule has 1 aliphatic heterocycles. The molecule has 1 aliphatic rings.